The SMILES string of the molecule is CCn1c(CN)nnc1Cc1ccc(-c2ccc(C(F)(F)F)cc2)cc1. The van der Waals surface area contributed by atoms with E-state index >= 15 is 0 Å². The van der Waals surface area contributed by atoms with Crippen molar-refractivity contribution in [1.82, 2.24) is 14.8 Å². The van der Waals surface area contributed by atoms with Gasteiger partial charge in [-0.05, 0) is 35.7 Å². The maximum Gasteiger partial charge on any atom is 0.416 e. The highest BCUT2D eigenvalue weighted by molar-refractivity contribution is 5.64. The molecule has 26 heavy (non-hydrogen) atoms. The summed E-state index contributed by atoms with van der Waals surface area (Å²) in [5, 5.41) is 8.28. The summed E-state index contributed by atoms with van der Waals surface area (Å²) in [5.41, 5.74) is 7.67. The number of halogens is 3. The first-order valence-electron chi connectivity index (χ1n) is 8.30. The lowest BCUT2D eigenvalue weighted by Gasteiger charge is -2.09. The minimum Gasteiger partial charge on any atom is -0.324 e. The molecule has 2 aromatic carbocycles. The Kier molecular flexibility index (Phi) is 5.08. The number of rotatable bonds is 5. The zero-order valence-corrected chi connectivity index (χ0v) is 14.3. The maximum absolute atomic E-state index is 12.7. The van der Waals surface area contributed by atoms with E-state index in [-0.39, 0.29) is 0 Å². The topological polar surface area (TPSA) is 56.7 Å². The van der Waals surface area contributed by atoms with Gasteiger partial charge in [0, 0.05) is 13.0 Å². The third-order valence-corrected chi connectivity index (χ3v) is 4.26. The number of aromatic nitrogens is 3. The fourth-order valence-electron chi connectivity index (χ4n) is 2.87. The van der Waals surface area contributed by atoms with Crippen LogP contribution in [-0.4, -0.2) is 14.8 Å². The summed E-state index contributed by atoms with van der Waals surface area (Å²) < 4.78 is 39.9. The molecule has 0 amide bonds. The summed E-state index contributed by atoms with van der Waals surface area (Å²) in [4.78, 5) is 0. The zero-order chi connectivity index (χ0) is 18.7. The largest absolute Gasteiger partial charge is 0.416 e. The molecule has 0 aliphatic carbocycles. The van der Waals surface area contributed by atoms with Crippen LogP contribution in [0.5, 0.6) is 0 Å². The zero-order valence-electron chi connectivity index (χ0n) is 14.3. The van der Waals surface area contributed by atoms with Crippen LogP contribution in [0.2, 0.25) is 0 Å². The lowest BCUT2D eigenvalue weighted by molar-refractivity contribution is -0.137. The predicted molar refractivity (Wildman–Crippen MR) is 93.3 cm³/mol. The van der Waals surface area contributed by atoms with Gasteiger partial charge in [0.1, 0.15) is 11.6 Å². The van der Waals surface area contributed by atoms with E-state index in [0.29, 0.717) is 13.0 Å². The summed E-state index contributed by atoms with van der Waals surface area (Å²) in [6.45, 7) is 3.10. The van der Waals surface area contributed by atoms with E-state index in [1.54, 1.807) is 0 Å². The molecule has 0 spiro atoms. The monoisotopic (exact) mass is 360 g/mol. The Labute approximate surface area is 149 Å². The van der Waals surface area contributed by atoms with E-state index in [2.05, 4.69) is 10.2 Å². The molecule has 0 unspecified atom stereocenters. The average Bonchev–Trinajstić information content (AvgIpc) is 3.03. The minimum absolute atomic E-state index is 0.341. The second-order valence-corrected chi connectivity index (χ2v) is 5.93. The second kappa shape index (κ2) is 7.29. The van der Waals surface area contributed by atoms with Crippen LogP contribution >= 0.6 is 0 Å². The van der Waals surface area contributed by atoms with Crippen molar-refractivity contribution in [2.24, 2.45) is 5.73 Å². The molecular weight excluding hydrogens is 341 g/mol. The fraction of sp³-hybridized carbons (Fsp3) is 0.263. The highest BCUT2D eigenvalue weighted by Crippen LogP contribution is 2.31. The maximum atomic E-state index is 12.7. The second-order valence-electron chi connectivity index (χ2n) is 5.93. The summed E-state index contributed by atoms with van der Waals surface area (Å²) >= 11 is 0. The van der Waals surface area contributed by atoms with Crippen LogP contribution in [-0.2, 0) is 25.7 Å². The van der Waals surface area contributed by atoms with E-state index in [4.69, 9.17) is 5.73 Å². The summed E-state index contributed by atoms with van der Waals surface area (Å²) in [6, 6.07) is 12.9. The van der Waals surface area contributed by atoms with Crippen LogP contribution in [0.25, 0.3) is 11.1 Å². The van der Waals surface area contributed by atoms with Gasteiger partial charge in [-0.2, -0.15) is 13.2 Å². The summed E-state index contributed by atoms with van der Waals surface area (Å²) in [6.07, 6.45) is -3.70. The van der Waals surface area contributed by atoms with Crippen LogP contribution in [0.15, 0.2) is 48.5 Å². The number of nitrogens with two attached hydrogens (primary N) is 1. The van der Waals surface area contributed by atoms with Crippen molar-refractivity contribution in [3.8, 4) is 11.1 Å². The molecule has 0 radical (unpaired) electrons. The predicted octanol–water partition coefficient (Wildman–Crippen LogP) is 4.03. The normalized spacial score (nSPS) is 11.7. The third-order valence-electron chi connectivity index (χ3n) is 4.26. The molecule has 0 bridgehead atoms. The Morgan fingerprint density at radius 1 is 0.885 bits per heavy atom. The highest BCUT2D eigenvalue weighted by Gasteiger charge is 2.29. The molecule has 7 heteroatoms. The van der Waals surface area contributed by atoms with Crippen molar-refractivity contribution >= 4 is 0 Å². The van der Waals surface area contributed by atoms with Crippen molar-refractivity contribution < 1.29 is 13.2 Å². The quantitative estimate of drug-likeness (QED) is 0.747. The summed E-state index contributed by atoms with van der Waals surface area (Å²) in [5.74, 6) is 1.60. The Morgan fingerprint density at radius 2 is 1.42 bits per heavy atom. The number of alkyl halides is 3. The Bertz CT molecular complexity index is 865. The van der Waals surface area contributed by atoms with E-state index in [1.807, 2.05) is 35.8 Å². The smallest absolute Gasteiger partial charge is 0.324 e. The number of hydrogen-bond donors (Lipinski definition) is 1. The molecule has 2 N–H and O–H groups in total. The van der Waals surface area contributed by atoms with Gasteiger partial charge in [-0.1, -0.05) is 36.4 Å². The molecule has 0 atom stereocenters. The first kappa shape index (κ1) is 18.1. The highest BCUT2D eigenvalue weighted by atomic mass is 19.4. The molecule has 0 aliphatic heterocycles. The van der Waals surface area contributed by atoms with Crippen LogP contribution in [0.4, 0.5) is 13.2 Å². The van der Waals surface area contributed by atoms with Gasteiger partial charge in [-0.15, -0.1) is 10.2 Å². The van der Waals surface area contributed by atoms with Crippen molar-refractivity contribution in [1.29, 1.82) is 0 Å². The Balaban J connectivity index is 1.77. The molecule has 0 fully saturated rings. The van der Waals surface area contributed by atoms with Crippen molar-refractivity contribution in [2.75, 3.05) is 0 Å². The summed E-state index contributed by atoms with van der Waals surface area (Å²) in [7, 11) is 0. The van der Waals surface area contributed by atoms with Crippen LogP contribution in [0, 0.1) is 0 Å². The molecule has 1 heterocycles. The van der Waals surface area contributed by atoms with E-state index in [9.17, 15) is 13.2 Å². The number of hydrogen-bond acceptors (Lipinski definition) is 3. The third kappa shape index (κ3) is 3.77. The lowest BCUT2D eigenvalue weighted by Crippen LogP contribution is -2.10. The molecule has 3 aromatic rings. The van der Waals surface area contributed by atoms with Gasteiger partial charge in [0.15, 0.2) is 0 Å². The molecule has 0 saturated heterocycles. The molecule has 0 aliphatic rings. The van der Waals surface area contributed by atoms with Gasteiger partial charge in [0.25, 0.3) is 0 Å². The van der Waals surface area contributed by atoms with Crippen LogP contribution in [0.1, 0.15) is 29.7 Å². The first-order chi connectivity index (χ1) is 12.4. The van der Waals surface area contributed by atoms with Gasteiger partial charge < -0.3 is 10.3 Å². The molecule has 0 saturated carbocycles. The van der Waals surface area contributed by atoms with Gasteiger partial charge in [0.2, 0.25) is 0 Å². The van der Waals surface area contributed by atoms with Gasteiger partial charge in [-0.25, -0.2) is 0 Å². The van der Waals surface area contributed by atoms with E-state index in [0.717, 1.165) is 47.0 Å². The molecule has 1 aromatic heterocycles. The molecule has 3 rings (SSSR count). The minimum atomic E-state index is -4.32. The average molecular weight is 360 g/mol. The first-order valence-corrected chi connectivity index (χ1v) is 8.30. The Morgan fingerprint density at radius 3 is 1.92 bits per heavy atom. The Hall–Kier alpha value is -2.67. The number of benzene rings is 2. The molecule has 136 valence electrons. The lowest BCUT2D eigenvalue weighted by atomic mass is 10.0. The van der Waals surface area contributed by atoms with Gasteiger partial charge in [0.05, 0.1) is 12.1 Å². The van der Waals surface area contributed by atoms with E-state index < -0.39 is 11.7 Å². The standard InChI is InChI=1S/C19H19F3N4/c1-2-26-17(24-25-18(26)12-23)11-13-3-5-14(6-4-13)15-7-9-16(10-8-15)19(20,21)22/h3-10H,2,11-12,23H2,1H3. The van der Waals surface area contributed by atoms with Crippen molar-refractivity contribution in [3.63, 3.8) is 0 Å². The molecular formula is C19H19F3N4. The number of nitrogens with zero attached hydrogens (tertiary/aromatic N) is 3. The van der Waals surface area contributed by atoms with E-state index in [1.165, 1.54) is 12.1 Å². The van der Waals surface area contributed by atoms with Crippen LogP contribution in [0.3, 0.4) is 0 Å². The van der Waals surface area contributed by atoms with Crippen molar-refractivity contribution in [3.05, 3.63) is 71.3 Å². The van der Waals surface area contributed by atoms with Gasteiger partial charge in [-0.3, -0.25) is 0 Å². The van der Waals surface area contributed by atoms with Crippen LogP contribution < -0.4 is 5.73 Å². The molecule has 4 nitrogen and oxygen atoms in total. The van der Waals surface area contributed by atoms with Crippen molar-refractivity contribution in [2.45, 2.75) is 32.6 Å². The van der Waals surface area contributed by atoms with Gasteiger partial charge >= 0.3 is 6.18 Å². The fourth-order valence-corrected chi connectivity index (χ4v) is 2.87.